The quantitative estimate of drug-likeness (QED) is 0.877. The number of amides is 1. The Kier molecular flexibility index (Phi) is 4.42. The minimum absolute atomic E-state index is 0.0837. The summed E-state index contributed by atoms with van der Waals surface area (Å²) in [6.07, 6.45) is 0. The molecule has 1 saturated heterocycles. The highest BCUT2D eigenvalue weighted by Crippen LogP contribution is 2.32. The van der Waals surface area contributed by atoms with Gasteiger partial charge in [0.15, 0.2) is 5.13 Å². The van der Waals surface area contributed by atoms with Crippen molar-refractivity contribution in [3.8, 4) is 0 Å². The summed E-state index contributed by atoms with van der Waals surface area (Å²) in [5.41, 5.74) is 1.06. The van der Waals surface area contributed by atoms with Crippen molar-refractivity contribution in [3.05, 3.63) is 10.6 Å². The molecule has 2 rings (SSSR count). The average molecular weight is 282 g/mol. The van der Waals surface area contributed by atoms with Crippen LogP contribution in [0.1, 0.15) is 37.4 Å². The van der Waals surface area contributed by atoms with Gasteiger partial charge in [0.2, 0.25) is 5.91 Å². The first-order valence-electron chi connectivity index (χ1n) is 6.79. The van der Waals surface area contributed by atoms with Crippen LogP contribution in [0.25, 0.3) is 0 Å². The standard InChI is InChI=1S/C13H22N4OS/c1-5-14-8(2)11-9(3)16-13(19-11)17-7-6-15-12(18)10(17)4/h8,10,14H,5-7H2,1-4H3,(H,15,18). The van der Waals surface area contributed by atoms with E-state index in [4.69, 9.17) is 0 Å². The molecule has 0 bridgehead atoms. The molecule has 0 aromatic carbocycles. The van der Waals surface area contributed by atoms with Crippen LogP contribution in [0.5, 0.6) is 0 Å². The van der Waals surface area contributed by atoms with Gasteiger partial charge in [-0.15, -0.1) is 0 Å². The molecule has 1 fully saturated rings. The lowest BCUT2D eigenvalue weighted by atomic mass is 10.2. The molecule has 2 heterocycles. The highest BCUT2D eigenvalue weighted by Gasteiger charge is 2.28. The molecule has 1 aromatic rings. The number of thiazole rings is 1. The van der Waals surface area contributed by atoms with E-state index in [9.17, 15) is 4.79 Å². The number of aromatic nitrogens is 1. The van der Waals surface area contributed by atoms with E-state index in [2.05, 4.69) is 34.4 Å². The summed E-state index contributed by atoms with van der Waals surface area (Å²) in [4.78, 5) is 19.7. The van der Waals surface area contributed by atoms with Crippen molar-refractivity contribution in [2.45, 2.75) is 39.8 Å². The molecule has 1 aromatic heterocycles. The molecule has 2 atom stereocenters. The van der Waals surface area contributed by atoms with Gasteiger partial charge >= 0.3 is 0 Å². The predicted molar refractivity (Wildman–Crippen MR) is 78.8 cm³/mol. The van der Waals surface area contributed by atoms with Crippen molar-refractivity contribution in [2.75, 3.05) is 24.5 Å². The highest BCUT2D eigenvalue weighted by molar-refractivity contribution is 7.15. The van der Waals surface area contributed by atoms with E-state index in [1.807, 2.05) is 13.8 Å². The fourth-order valence-electron chi connectivity index (χ4n) is 2.36. The first-order valence-corrected chi connectivity index (χ1v) is 7.61. The van der Waals surface area contributed by atoms with E-state index < -0.39 is 0 Å². The summed E-state index contributed by atoms with van der Waals surface area (Å²) in [5, 5.41) is 7.25. The van der Waals surface area contributed by atoms with Crippen LogP contribution in [0.3, 0.4) is 0 Å². The Balaban J connectivity index is 2.21. The van der Waals surface area contributed by atoms with Crippen molar-refractivity contribution in [3.63, 3.8) is 0 Å². The molecule has 6 heteroatoms. The van der Waals surface area contributed by atoms with E-state index >= 15 is 0 Å². The fraction of sp³-hybridized carbons (Fsp3) is 0.692. The number of aryl methyl sites for hydroxylation is 1. The van der Waals surface area contributed by atoms with Crippen LogP contribution in [0.4, 0.5) is 5.13 Å². The van der Waals surface area contributed by atoms with Gasteiger partial charge in [0.05, 0.1) is 5.69 Å². The number of hydrogen-bond acceptors (Lipinski definition) is 5. The third-order valence-electron chi connectivity index (χ3n) is 3.47. The largest absolute Gasteiger partial charge is 0.353 e. The van der Waals surface area contributed by atoms with Gasteiger partial charge in [-0.25, -0.2) is 4.98 Å². The normalized spacial score (nSPS) is 21.4. The zero-order valence-corrected chi connectivity index (χ0v) is 12.8. The minimum Gasteiger partial charge on any atom is -0.353 e. The Hall–Kier alpha value is -1.14. The van der Waals surface area contributed by atoms with Crippen molar-refractivity contribution >= 4 is 22.4 Å². The number of hydrogen-bond donors (Lipinski definition) is 2. The van der Waals surface area contributed by atoms with Crippen LogP contribution < -0.4 is 15.5 Å². The predicted octanol–water partition coefficient (Wildman–Crippen LogP) is 1.45. The summed E-state index contributed by atoms with van der Waals surface area (Å²) < 4.78 is 0. The molecule has 1 aliphatic rings. The topological polar surface area (TPSA) is 57.3 Å². The van der Waals surface area contributed by atoms with E-state index in [1.54, 1.807) is 11.3 Å². The van der Waals surface area contributed by atoms with Crippen LogP contribution in [0, 0.1) is 6.92 Å². The summed E-state index contributed by atoms with van der Waals surface area (Å²) in [5.74, 6) is 0.0837. The second kappa shape index (κ2) is 5.88. The lowest BCUT2D eigenvalue weighted by Gasteiger charge is -2.32. The first-order chi connectivity index (χ1) is 9.04. The Morgan fingerprint density at radius 2 is 2.37 bits per heavy atom. The lowest BCUT2D eigenvalue weighted by molar-refractivity contribution is -0.122. The minimum atomic E-state index is -0.137. The molecular weight excluding hydrogens is 260 g/mol. The van der Waals surface area contributed by atoms with Crippen LogP contribution in [-0.2, 0) is 4.79 Å². The zero-order chi connectivity index (χ0) is 14.0. The molecule has 19 heavy (non-hydrogen) atoms. The average Bonchev–Trinajstić information content (AvgIpc) is 2.75. The number of anilines is 1. The third-order valence-corrected chi connectivity index (χ3v) is 4.85. The van der Waals surface area contributed by atoms with E-state index in [0.717, 1.165) is 23.9 Å². The van der Waals surface area contributed by atoms with E-state index in [1.165, 1.54) is 4.88 Å². The van der Waals surface area contributed by atoms with Gasteiger partial charge in [-0.05, 0) is 27.3 Å². The van der Waals surface area contributed by atoms with Crippen LogP contribution >= 0.6 is 11.3 Å². The van der Waals surface area contributed by atoms with Gasteiger partial charge in [-0.3, -0.25) is 4.79 Å². The second-order valence-electron chi connectivity index (χ2n) is 4.89. The smallest absolute Gasteiger partial charge is 0.242 e. The van der Waals surface area contributed by atoms with Gasteiger partial charge in [0.1, 0.15) is 6.04 Å². The monoisotopic (exact) mass is 282 g/mol. The summed E-state index contributed by atoms with van der Waals surface area (Å²) in [6, 6.07) is 0.173. The van der Waals surface area contributed by atoms with Gasteiger partial charge < -0.3 is 15.5 Å². The first kappa shape index (κ1) is 14.3. The number of rotatable bonds is 4. The number of carbonyl (C=O) groups excluding carboxylic acids is 1. The Labute approximate surface area is 118 Å². The zero-order valence-electron chi connectivity index (χ0n) is 12.0. The molecule has 1 aliphatic heterocycles. The Bertz CT molecular complexity index is 459. The van der Waals surface area contributed by atoms with Crippen molar-refractivity contribution in [1.82, 2.24) is 15.6 Å². The summed E-state index contributed by atoms with van der Waals surface area (Å²) in [7, 11) is 0. The van der Waals surface area contributed by atoms with Crippen molar-refractivity contribution < 1.29 is 4.79 Å². The second-order valence-corrected chi connectivity index (χ2v) is 5.89. The lowest BCUT2D eigenvalue weighted by Crippen LogP contribution is -2.54. The highest BCUT2D eigenvalue weighted by atomic mass is 32.1. The molecule has 0 saturated carbocycles. The fourth-order valence-corrected chi connectivity index (χ4v) is 3.56. The summed E-state index contributed by atoms with van der Waals surface area (Å²) >= 11 is 1.69. The maximum absolute atomic E-state index is 11.7. The van der Waals surface area contributed by atoms with Gasteiger partial charge in [-0.2, -0.15) is 0 Å². The van der Waals surface area contributed by atoms with Crippen LogP contribution in [0.2, 0.25) is 0 Å². The SMILES string of the molecule is CCNC(C)c1sc(N2CCNC(=O)C2C)nc1C. The molecule has 0 radical (unpaired) electrons. The van der Waals surface area contributed by atoms with Crippen molar-refractivity contribution in [2.24, 2.45) is 0 Å². The number of piperazine rings is 1. The number of carbonyl (C=O) groups is 1. The molecule has 1 amide bonds. The molecular formula is C13H22N4OS. The Morgan fingerprint density at radius 3 is 3.05 bits per heavy atom. The van der Waals surface area contributed by atoms with E-state index in [-0.39, 0.29) is 11.9 Å². The van der Waals surface area contributed by atoms with Gasteiger partial charge in [-0.1, -0.05) is 18.3 Å². The molecule has 0 spiro atoms. The molecule has 2 unspecified atom stereocenters. The summed E-state index contributed by atoms with van der Waals surface area (Å²) in [6.45, 7) is 10.7. The van der Waals surface area contributed by atoms with Crippen LogP contribution in [-0.4, -0.2) is 36.6 Å². The molecule has 5 nitrogen and oxygen atoms in total. The van der Waals surface area contributed by atoms with E-state index in [0.29, 0.717) is 12.6 Å². The number of nitrogens with one attached hydrogen (secondary N) is 2. The molecule has 2 N–H and O–H groups in total. The Morgan fingerprint density at radius 1 is 1.63 bits per heavy atom. The maximum atomic E-state index is 11.7. The third kappa shape index (κ3) is 2.90. The number of nitrogens with zero attached hydrogens (tertiary/aromatic N) is 2. The van der Waals surface area contributed by atoms with Gasteiger partial charge in [0.25, 0.3) is 0 Å². The van der Waals surface area contributed by atoms with Gasteiger partial charge in [0, 0.05) is 24.0 Å². The molecule has 106 valence electrons. The molecule has 0 aliphatic carbocycles. The van der Waals surface area contributed by atoms with Crippen LogP contribution in [0.15, 0.2) is 0 Å². The van der Waals surface area contributed by atoms with Crippen molar-refractivity contribution in [1.29, 1.82) is 0 Å². The maximum Gasteiger partial charge on any atom is 0.242 e.